The zero-order chi connectivity index (χ0) is 22.8. The summed E-state index contributed by atoms with van der Waals surface area (Å²) in [5.41, 5.74) is 4.40. The number of allylic oxidation sites excluding steroid dienone is 1. The Hall–Kier alpha value is -1.57. The standard InChI is InChI=1S/C24H35NO6/c1-13(25)21(30)31-24(19(29)12-26)9-7-17-16-5-4-14-10-15(27)6-8-22(14,2)20(16)18(28)11-23(17,24)3/h10,13,16-18,20,26,28H,4-9,11-12,25H2,1-3H3/t13?,16-,17-,18-,20+,22-,23-,24-/m0/s1. The molecular formula is C24H35NO6. The van der Waals surface area contributed by atoms with Crippen LogP contribution in [0.4, 0.5) is 0 Å². The number of aliphatic hydroxyl groups is 2. The predicted octanol–water partition coefficient (Wildman–Crippen LogP) is 1.68. The Kier molecular flexibility index (Phi) is 5.47. The number of hydrogen-bond donors (Lipinski definition) is 3. The summed E-state index contributed by atoms with van der Waals surface area (Å²) in [7, 11) is 0. The highest BCUT2D eigenvalue weighted by molar-refractivity contribution is 5.93. The lowest BCUT2D eigenvalue weighted by molar-refractivity contribution is -0.202. The number of Topliss-reactive ketones (excluding diaryl/α,β-unsaturated/α-hetero) is 1. The number of fused-ring (bicyclic) bond motifs is 5. The summed E-state index contributed by atoms with van der Waals surface area (Å²) in [6.45, 7) is 4.90. The van der Waals surface area contributed by atoms with E-state index in [1.54, 1.807) is 6.08 Å². The van der Waals surface area contributed by atoms with Crippen molar-refractivity contribution in [2.24, 2.45) is 34.3 Å². The van der Waals surface area contributed by atoms with E-state index in [0.717, 1.165) is 24.8 Å². The Balaban J connectivity index is 1.74. The Bertz CT molecular complexity index is 836. The molecule has 3 saturated carbocycles. The maximum atomic E-state index is 13.1. The Labute approximate surface area is 183 Å². The number of carbonyl (C=O) groups excluding carboxylic acids is 3. The van der Waals surface area contributed by atoms with Gasteiger partial charge >= 0.3 is 5.97 Å². The average Bonchev–Trinajstić information content (AvgIpc) is 3.00. The van der Waals surface area contributed by atoms with Gasteiger partial charge in [-0.05, 0) is 74.7 Å². The molecule has 1 unspecified atom stereocenters. The lowest BCUT2D eigenvalue weighted by Gasteiger charge is -2.60. The van der Waals surface area contributed by atoms with Gasteiger partial charge in [-0.3, -0.25) is 14.4 Å². The number of aliphatic hydroxyl groups excluding tert-OH is 2. The molecule has 0 aromatic rings. The van der Waals surface area contributed by atoms with E-state index in [1.807, 2.05) is 6.92 Å². The smallest absolute Gasteiger partial charge is 0.323 e. The summed E-state index contributed by atoms with van der Waals surface area (Å²) in [4.78, 5) is 37.6. The first-order valence-corrected chi connectivity index (χ1v) is 11.5. The molecular weight excluding hydrogens is 398 g/mol. The van der Waals surface area contributed by atoms with Crippen molar-refractivity contribution in [2.75, 3.05) is 6.61 Å². The van der Waals surface area contributed by atoms with E-state index < -0.39 is 41.5 Å². The maximum Gasteiger partial charge on any atom is 0.323 e. The Morgan fingerprint density at radius 1 is 1.26 bits per heavy atom. The number of nitrogens with two attached hydrogens (primary N) is 1. The van der Waals surface area contributed by atoms with Crippen molar-refractivity contribution in [1.82, 2.24) is 0 Å². The topological polar surface area (TPSA) is 127 Å². The third kappa shape index (κ3) is 3.07. The van der Waals surface area contributed by atoms with Crippen molar-refractivity contribution < 1.29 is 29.3 Å². The molecule has 0 radical (unpaired) electrons. The van der Waals surface area contributed by atoms with Crippen molar-refractivity contribution in [1.29, 1.82) is 0 Å². The number of ketones is 2. The second-order valence-corrected chi connectivity index (χ2v) is 10.7. The summed E-state index contributed by atoms with van der Waals surface area (Å²) in [6, 6.07) is -0.881. The third-order valence-electron chi connectivity index (χ3n) is 9.26. The summed E-state index contributed by atoms with van der Waals surface area (Å²) < 4.78 is 5.82. The molecule has 4 aliphatic carbocycles. The number of hydrogen-bond acceptors (Lipinski definition) is 7. The average molecular weight is 434 g/mol. The molecule has 8 atom stereocenters. The van der Waals surface area contributed by atoms with E-state index in [4.69, 9.17) is 10.5 Å². The second-order valence-electron chi connectivity index (χ2n) is 10.7. The minimum Gasteiger partial charge on any atom is -0.449 e. The van der Waals surface area contributed by atoms with Gasteiger partial charge in [0.15, 0.2) is 11.4 Å². The van der Waals surface area contributed by atoms with Crippen LogP contribution >= 0.6 is 0 Å². The monoisotopic (exact) mass is 433 g/mol. The summed E-state index contributed by atoms with van der Waals surface area (Å²) in [5, 5.41) is 21.2. The van der Waals surface area contributed by atoms with Crippen molar-refractivity contribution in [3.63, 3.8) is 0 Å². The van der Waals surface area contributed by atoms with Gasteiger partial charge in [-0.1, -0.05) is 19.4 Å². The van der Waals surface area contributed by atoms with Crippen LogP contribution in [0.15, 0.2) is 11.6 Å². The molecule has 0 amide bonds. The van der Waals surface area contributed by atoms with Gasteiger partial charge in [0.1, 0.15) is 12.6 Å². The van der Waals surface area contributed by atoms with Gasteiger partial charge in [0.25, 0.3) is 0 Å². The van der Waals surface area contributed by atoms with E-state index in [9.17, 15) is 24.6 Å². The number of rotatable bonds is 4. The predicted molar refractivity (Wildman–Crippen MR) is 113 cm³/mol. The lowest BCUT2D eigenvalue weighted by atomic mass is 9.45. The molecule has 3 fully saturated rings. The van der Waals surface area contributed by atoms with Gasteiger partial charge in [0, 0.05) is 11.8 Å². The van der Waals surface area contributed by atoms with Crippen molar-refractivity contribution in [3.05, 3.63) is 11.6 Å². The normalized spacial score (nSPS) is 45.1. The minimum atomic E-state index is -1.47. The molecule has 0 bridgehead atoms. The van der Waals surface area contributed by atoms with E-state index in [1.165, 1.54) is 6.92 Å². The van der Waals surface area contributed by atoms with Gasteiger partial charge in [0.2, 0.25) is 5.78 Å². The molecule has 172 valence electrons. The lowest BCUT2D eigenvalue weighted by Crippen LogP contribution is -2.63. The molecule has 0 aliphatic heterocycles. The van der Waals surface area contributed by atoms with Crippen LogP contribution in [0, 0.1) is 28.6 Å². The summed E-state index contributed by atoms with van der Waals surface area (Å²) in [6.07, 6.45) is 5.32. The highest BCUT2D eigenvalue weighted by Gasteiger charge is 2.70. The van der Waals surface area contributed by atoms with Crippen molar-refractivity contribution in [3.8, 4) is 0 Å². The molecule has 0 aromatic carbocycles. The van der Waals surface area contributed by atoms with Crippen LogP contribution in [-0.2, 0) is 19.1 Å². The first-order chi connectivity index (χ1) is 14.5. The molecule has 7 heteroatoms. The van der Waals surface area contributed by atoms with Crippen molar-refractivity contribution >= 4 is 17.5 Å². The third-order valence-corrected chi connectivity index (χ3v) is 9.26. The number of ether oxygens (including phenoxy) is 1. The molecule has 4 rings (SSSR count). The minimum absolute atomic E-state index is 0.00263. The largest absolute Gasteiger partial charge is 0.449 e. The molecule has 4 aliphatic rings. The van der Waals surface area contributed by atoms with Crippen molar-refractivity contribution in [2.45, 2.75) is 83.5 Å². The van der Waals surface area contributed by atoms with Crippen LogP contribution in [0.25, 0.3) is 0 Å². The number of carbonyl (C=O) groups is 3. The number of esters is 1. The molecule has 0 spiro atoms. The van der Waals surface area contributed by atoms with E-state index in [2.05, 4.69) is 6.92 Å². The van der Waals surface area contributed by atoms with Crippen LogP contribution in [0.2, 0.25) is 0 Å². The molecule has 7 nitrogen and oxygen atoms in total. The van der Waals surface area contributed by atoms with Crippen LogP contribution < -0.4 is 5.73 Å². The fraction of sp³-hybridized carbons (Fsp3) is 0.792. The second kappa shape index (κ2) is 7.49. The van der Waals surface area contributed by atoms with Crippen LogP contribution in [0.3, 0.4) is 0 Å². The maximum absolute atomic E-state index is 13.1. The zero-order valence-corrected chi connectivity index (χ0v) is 18.7. The molecule has 0 aromatic heterocycles. The van der Waals surface area contributed by atoms with E-state index in [-0.39, 0.29) is 29.0 Å². The van der Waals surface area contributed by atoms with E-state index >= 15 is 0 Å². The van der Waals surface area contributed by atoms with Gasteiger partial charge in [-0.2, -0.15) is 0 Å². The summed E-state index contributed by atoms with van der Waals surface area (Å²) in [5.74, 6) is -0.769. The fourth-order valence-electron chi connectivity index (χ4n) is 7.75. The molecule has 4 N–H and O–H groups in total. The quantitative estimate of drug-likeness (QED) is 0.576. The molecule has 0 saturated heterocycles. The molecule has 0 heterocycles. The SMILES string of the molecule is CC(N)C(=O)O[C@]1(C(=O)CO)CC[C@H]2[C@@H]3CCC4=CC(=O)CC[C@]4(C)[C@H]3[C@@H](O)C[C@@]21C. The first-order valence-electron chi connectivity index (χ1n) is 11.5. The zero-order valence-electron chi connectivity index (χ0n) is 18.7. The fourth-order valence-corrected chi connectivity index (χ4v) is 7.75. The Morgan fingerprint density at radius 2 is 1.97 bits per heavy atom. The highest BCUT2D eigenvalue weighted by Crippen LogP contribution is 2.68. The van der Waals surface area contributed by atoms with Gasteiger partial charge in [-0.15, -0.1) is 0 Å². The van der Waals surface area contributed by atoms with Gasteiger partial charge < -0.3 is 20.7 Å². The first kappa shape index (κ1) is 22.6. The van der Waals surface area contributed by atoms with Crippen LogP contribution in [0.1, 0.15) is 65.7 Å². The van der Waals surface area contributed by atoms with Gasteiger partial charge in [0.05, 0.1) is 6.10 Å². The summed E-state index contributed by atoms with van der Waals surface area (Å²) >= 11 is 0. The van der Waals surface area contributed by atoms with Crippen LogP contribution in [0.5, 0.6) is 0 Å². The van der Waals surface area contributed by atoms with Crippen LogP contribution in [-0.4, -0.2) is 52.1 Å². The molecule has 31 heavy (non-hydrogen) atoms. The highest BCUT2D eigenvalue weighted by atomic mass is 16.6. The van der Waals surface area contributed by atoms with Gasteiger partial charge in [-0.25, -0.2) is 0 Å². The van der Waals surface area contributed by atoms with E-state index in [0.29, 0.717) is 25.7 Å². The Morgan fingerprint density at radius 3 is 2.61 bits per heavy atom.